The maximum absolute atomic E-state index is 3.99. The van der Waals surface area contributed by atoms with Crippen molar-refractivity contribution in [3.63, 3.8) is 0 Å². The summed E-state index contributed by atoms with van der Waals surface area (Å²) in [7, 11) is 0. The second kappa shape index (κ2) is 17.2. The lowest BCUT2D eigenvalue weighted by Crippen LogP contribution is -1.84. The van der Waals surface area contributed by atoms with Gasteiger partial charge in [-0.1, -0.05) is 34.3 Å². The zero-order valence-corrected chi connectivity index (χ0v) is 10.2. The molecular weight excluding hydrogens is 160 g/mol. The molecule has 0 N–H and O–H groups in total. The molecule has 0 saturated heterocycles. The molecule has 0 amide bonds. The molecular formula is C11H24N2. The van der Waals surface area contributed by atoms with Crippen molar-refractivity contribution >= 4 is 12.1 Å². The number of aliphatic imine (C=N–C) groups is 2. The van der Waals surface area contributed by atoms with Gasteiger partial charge in [0.25, 0.3) is 0 Å². The van der Waals surface area contributed by atoms with Crippen LogP contribution >= 0.6 is 0 Å². The first-order valence-electron chi connectivity index (χ1n) is 4.86. The molecule has 0 aromatic rings. The Labute approximate surface area is 83.5 Å². The second-order valence-corrected chi connectivity index (χ2v) is 1.78. The van der Waals surface area contributed by atoms with Gasteiger partial charge in [-0.3, -0.25) is 0 Å². The van der Waals surface area contributed by atoms with Crippen molar-refractivity contribution in [1.29, 1.82) is 0 Å². The lowest BCUT2D eigenvalue weighted by molar-refractivity contribution is 1.30. The lowest BCUT2D eigenvalue weighted by atomic mass is 10.5. The highest BCUT2D eigenvalue weighted by molar-refractivity contribution is 5.87. The molecule has 0 aliphatic heterocycles. The molecule has 0 fully saturated rings. The van der Waals surface area contributed by atoms with E-state index in [1.807, 2.05) is 48.5 Å². The predicted molar refractivity (Wildman–Crippen MR) is 64.8 cm³/mol. The van der Waals surface area contributed by atoms with Crippen LogP contribution < -0.4 is 0 Å². The quantitative estimate of drug-likeness (QED) is 0.433. The Morgan fingerprint density at radius 3 is 1.69 bits per heavy atom. The molecule has 0 atom stereocenters. The van der Waals surface area contributed by atoms with Gasteiger partial charge in [0.05, 0.1) is 0 Å². The van der Waals surface area contributed by atoms with Gasteiger partial charge in [-0.05, 0) is 20.8 Å². The van der Waals surface area contributed by atoms with E-state index in [0.717, 1.165) is 11.5 Å². The Morgan fingerprint density at radius 2 is 1.46 bits per heavy atom. The average Bonchev–Trinajstić information content (AvgIpc) is 2.10. The Hall–Kier alpha value is -0.920. The highest BCUT2D eigenvalue weighted by Gasteiger charge is 1.80. The van der Waals surface area contributed by atoms with Crippen LogP contribution in [0.25, 0.3) is 0 Å². The topological polar surface area (TPSA) is 24.7 Å². The zero-order valence-electron chi connectivity index (χ0n) is 10.2. The van der Waals surface area contributed by atoms with Crippen molar-refractivity contribution < 1.29 is 0 Å². The monoisotopic (exact) mass is 184 g/mol. The summed E-state index contributed by atoms with van der Waals surface area (Å²) in [6, 6.07) is 0. The highest BCUT2D eigenvalue weighted by Crippen LogP contribution is 1.90. The number of hydrogen-bond donors (Lipinski definition) is 0. The summed E-state index contributed by atoms with van der Waals surface area (Å²) in [5.74, 6) is 0.755. The summed E-state index contributed by atoms with van der Waals surface area (Å²) in [5, 5.41) is 0. The van der Waals surface area contributed by atoms with Gasteiger partial charge in [0.15, 0.2) is 0 Å². The summed E-state index contributed by atoms with van der Waals surface area (Å²) in [4.78, 5) is 7.92. The number of hydrogen-bond acceptors (Lipinski definition) is 1. The molecule has 0 aromatic carbocycles. The van der Waals surface area contributed by atoms with E-state index in [-0.39, 0.29) is 0 Å². The maximum Gasteiger partial charge on any atom is 0.125 e. The van der Waals surface area contributed by atoms with E-state index >= 15 is 0 Å². The Morgan fingerprint density at radius 1 is 1.08 bits per heavy atom. The summed E-state index contributed by atoms with van der Waals surface area (Å²) in [6.07, 6.45) is 1.71. The van der Waals surface area contributed by atoms with Gasteiger partial charge in [0, 0.05) is 11.9 Å². The van der Waals surface area contributed by atoms with Crippen molar-refractivity contribution in [1.82, 2.24) is 0 Å². The molecule has 0 saturated carbocycles. The molecule has 78 valence electrons. The summed E-state index contributed by atoms with van der Waals surface area (Å²) in [5.41, 5.74) is 0.790. The fourth-order valence-corrected chi connectivity index (χ4v) is 0.492. The van der Waals surface area contributed by atoms with Crippen molar-refractivity contribution in [3.8, 4) is 0 Å². The van der Waals surface area contributed by atoms with Crippen LogP contribution in [0.1, 0.15) is 48.5 Å². The summed E-state index contributed by atoms with van der Waals surface area (Å²) in [6.45, 7) is 17.2. The fourth-order valence-electron chi connectivity index (χ4n) is 0.492. The third-order valence-electron chi connectivity index (χ3n) is 0.669. The zero-order chi connectivity index (χ0) is 11.3. The van der Waals surface area contributed by atoms with E-state index < -0.39 is 0 Å². The molecule has 2 nitrogen and oxygen atoms in total. The van der Waals surface area contributed by atoms with Crippen molar-refractivity contribution in [2.45, 2.75) is 48.5 Å². The maximum atomic E-state index is 3.99. The van der Waals surface area contributed by atoms with E-state index in [4.69, 9.17) is 0 Å². The van der Waals surface area contributed by atoms with Gasteiger partial charge in [-0.25, -0.2) is 9.98 Å². The van der Waals surface area contributed by atoms with Crippen molar-refractivity contribution in [2.24, 2.45) is 9.98 Å². The first-order chi connectivity index (χ1) is 6.16. The van der Waals surface area contributed by atoms with E-state index in [1.54, 1.807) is 6.21 Å². The summed E-state index contributed by atoms with van der Waals surface area (Å²) >= 11 is 0. The van der Waals surface area contributed by atoms with E-state index in [0.29, 0.717) is 0 Å². The molecule has 0 unspecified atom stereocenters. The molecule has 0 radical (unpaired) electrons. The van der Waals surface area contributed by atoms with Crippen LogP contribution in [0.2, 0.25) is 0 Å². The molecule has 13 heavy (non-hydrogen) atoms. The third kappa shape index (κ3) is 24.7. The molecule has 0 rings (SSSR count). The van der Waals surface area contributed by atoms with Gasteiger partial charge in [-0.2, -0.15) is 0 Å². The first-order valence-corrected chi connectivity index (χ1v) is 4.86. The largest absolute Gasteiger partial charge is 0.246 e. The Balaban J connectivity index is -0.000000218. The van der Waals surface area contributed by atoms with Crippen molar-refractivity contribution in [2.75, 3.05) is 0 Å². The normalized spacial score (nSPS) is 9.62. The molecule has 0 bridgehead atoms. The van der Waals surface area contributed by atoms with Crippen LogP contribution in [0.15, 0.2) is 22.3 Å². The van der Waals surface area contributed by atoms with Crippen LogP contribution in [0, 0.1) is 0 Å². The van der Waals surface area contributed by atoms with Crippen molar-refractivity contribution in [3.05, 3.63) is 12.3 Å². The van der Waals surface area contributed by atoms with Crippen LogP contribution in [0.4, 0.5) is 0 Å². The van der Waals surface area contributed by atoms with Gasteiger partial charge in [-0.15, -0.1) is 0 Å². The van der Waals surface area contributed by atoms with Gasteiger partial charge in [0.2, 0.25) is 0 Å². The molecule has 2 heteroatoms. The van der Waals surface area contributed by atoms with E-state index in [1.165, 1.54) is 0 Å². The smallest absolute Gasteiger partial charge is 0.125 e. The van der Waals surface area contributed by atoms with Crippen LogP contribution in [-0.4, -0.2) is 12.1 Å². The SMILES string of the molecule is C=C(C)N=C(C)N=CC.CC.CC. The average molecular weight is 184 g/mol. The molecule has 0 aliphatic carbocycles. The highest BCUT2D eigenvalue weighted by atomic mass is 14.9. The second-order valence-electron chi connectivity index (χ2n) is 1.78. The number of nitrogens with zero attached hydrogens (tertiary/aromatic N) is 2. The van der Waals surface area contributed by atoms with Crippen LogP contribution in [-0.2, 0) is 0 Å². The first kappa shape index (κ1) is 18.0. The predicted octanol–water partition coefficient (Wildman–Crippen LogP) is 4.08. The van der Waals surface area contributed by atoms with Gasteiger partial charge < -0.3 is 0 Å². The number of rotatable bonds is 1. The molecule has 0 spiro atoms. The molecule has 0 heterocycles. The Bertz CT molecular complexity index is 155. The minimum Gasteiger partial charge on any atom is -0.246 e. The van der Waals surface area contributed by atoms with Crippen LogP contribution in [0.3, 0.4) is 0 Å². The fraction of sp³-hybridized carbons (Fsp3) is 0.636. The minimum atomic E-state index is 0.755. The van der Waals surface area contributed by atoms with Gasteiger partial charge in [0.1, 0.15) is 5.84 Å². The standard InChI is InChI=1S/C7H12N2.2C2H6/c1-5-8-7(4)9-6(2)3;2*1-2/h5H,2H2,1,3-4H3;2*1-2H3. The minimum absolute atomic E-state index is 0.755. The van der Waals surface area contributed by atoms with Crippen LogP contribution in [0.5, 0.6) is 0 Å². The van der Waals surface area contributed by atoms with Gasteiger partial charge >= 0.3 is 0 Å². The van der Waals surface area contributed by atoms with E-state index in [2.05, 4.69) is 16.6 Å². The lowest BCUT2D eigenvalue weighted by Gasteiger charge is -1.88. The molecule has 0 aliphatic rings. The van der Waals surface area contributed by atoms with E-state index in [9.17, 15) is 0 Å². The summed E-state index contributed by atoms with van der Waals surface area (Å²) < 4.78 is 0. The molecule has 0 aromatic heterocycles. The Kier molecular flexibility index (Phi) is 23.9. The third-order valence-corrected chi connectivity index (χ3v) is 0.669. The number of allylic oxidation sites excluding steroid dienone is 1. The number of amidine groups is 1.